The van der Waals surface area contributed by atoms with E-state index >= 15 is 0 Å². The molecule has 25 nitrogen and oxygen atoms in total. The number of aromatic hydroxyl groups is 4. The molecule has 0 bridgehead atoms. The maximum atomic E-state index is 13.6. The summed E-state index contributed by atoms with van der Waals surface area (Å²) in [5.41, 5.74) is -12.2. The summed E-state index contributed by atoms with van der Waals surface area (Å²) >= 11 is 4.61. The number of alkyl halides is 12. The van der Waals surface area contributed by atoms with Gasteiger partial charge in [-0.2, -0.15) is 52.7 Å². The number of aromatic nitrogens is 8. The third-order valence-corrected chi connectivity index (χ3v) is 21.5. The van der Waals surface area contributed by atoms with Gasteiger partial charge in [0.05, 0.1) is 79.7 Å². The zero-order chi connectivity index (χ0) is 89.2. The van der Waals surface area contributed by atoms with E-state index in [1.54, 1.807) is 54.6 Å². The Morgan fingerprint density at radius 1 is 0.344 bits per heavy atom. The largest absolute Gasteiger partial charge is 0.507 e. The summed E-state index contributed by atoms with van der Waals surface area (Å²) in [6.45, 7) is 0. The van der Waals surface area contributed by atoms with Crippen LogP contribution in [0.2, 0.25) is 0 Å². The van der Waals surface area contributed by atoms with Crippen molar-refractivity contribution < 1.29 is 95.5 Å². The van der Waals surface area contributed by atoms with Crippen molar-refractivity contribution in [3.05, 3.63) is 341 Å². The molecule has 0 aliphatic carbocycles. The first-order valence-corrected chi connectivity index (χ1v) is 38.0. The normalized spacial score (nSPS) is 11.9. The molecular weight excluding hydrogens is 1780 g/mol. The van der Waals surface area contributed by atoms with Gasteiger partial charge in [0.25, 0.3) is 22.2 Å². The number of rotatable bonds is 9. The summed E-state index contributed by atoms with van der Waals surface area (Å²) < 4.78 is 188. The Bertz CT molecular complexity index is 8000. The van der Waals surface area contributed by atoms with E-state index in [-0.39, 0.29) is 125 Å². The molecule has 0 aliphatic heterocycles. The van der Waals surface area contributed by atoms with E-state index in [9.17, 15) is 111 Å². The van der Waals surface area contributed by atoms with E-state index in [2.05, 4.69) is 35.9 Å². The molecule has 0 fully saturated rings. The van der Waals surface area contributed by atoms with Crippen LogP contribution in [0.25, 0.3) is 111 Å². The predicted octanol–water partition coefficient (Wildman–Crippen LogP) is 17.9. The fourth-order valence-corrected chi connectivity index (χ4v) is 15.2. The Labute approximate surface area is 701 Å². The molecule has 6 aromatic carbocycles. The van der Waals surface area contributed by atoms with Gasteiger partial charge in [0.2, 0.25) is 0 Å². The highest BCUT2D eigenvalue weighted by molar-refractivity contribution is 9.10. The highest BCUT2D eigenvalue weighted by Gasteiger charge is 2.36. The molecule has 12 heterocycles. The Morgan fingerprint density at radius 3 is 1.01 bits per heavy atom. The fourth-order valence-electron chi connectivity index (χ4n) is 13.2. The van der Waals surface area contributed by atoms with Crippen LogP contribution in [0.3, 0.4) is 0 Å². The van der Waals surface area contributed by atoms with E-state index in [4.69, 9.17) is 22.4 Å². The number of halogens is 13. The summed E-state index contributed by atoms with van der Waals surface area (Å²) in [5, 5.41) is 41.8. The summed E-state index contributed by atoms with van der Waals surface area (Å²) in [6, 6.07) is 44.7. The van der Waals surface area contributed by atoms with Crippen molar-refractivity contribution in [1.82, 2.24) is 38.2 Å². The maximum Gasteiger partial charge on any atom is 0.416 e. The second-order valence-corrected chi connectivity index (χ2v) is 29.4. The topological polar surface area (TPSA) is 351 Å². The number of benzene rings is 6. The predicted molar refractivity (Wildman–Crippen MR) is 436 cm³/mol. The standard InChI is InChI=1S/C25H15F3N2O5S.C24H13F3N2O4S.C18H8BrF3N2O4.C18H9F3N2O4/c1-34-15-7-3-8-16(12-15)36-21-19(31)18-20(35-24(21)33)17-9-4-10-29-22(17)30(23(18)32)14-6-2-5-13(11-14)25(26,27)28;25-24(26,27)13-6-4-7-14(12-13)29-21-16(10-5-11-28-21)19-17(22(29)31)18(30)20(23(32)33-19)34-15-8-2-1-3-9-15;19-12-13(25)11-14(28-17(12)27)10-5-2-6-23-15(10)24(16(11)26)9-4-1-3-8(7-9)18(20,21)22;19-18(20,21)9-3-1-4-10(7-9)23-16-11(5-2-6-22-16)15-14(17(23)26)12(24)8-13(25)27-15/h2-12,31H,1H3;1-12,30H;1-7,25H;1-8,24H. The van der Waals surface area contributed by atoms with Crippen molar-refractivity contribution >= 4 is 127 Å². The van der Waals surface area contributed by atoms with Crippen molar-refractivity contribution in [1.29, 1.82) is 0 Å². The van der Waals surface area contributed by atoms with E-state index in [1.165, 1.54) is 117 Å². The van der Waals surface area contributed by atoms with E-state index in [0.717, 1.165) is 109 Å². The van der Waals surface area contributed by atoms with Crippen molar-refractivity contribution in [3.63, 3.8) is 0 Å². The molecule has 0 saturated carbocycles. The van der Waals surface area contributed by atoms with Gasteiger partial charge in [-0.1, -0.05) is 72.1 Å². The molecule has 0 amide bonds. The lowest BCUT2D eigenvalue weighted by Crippen LogP contribution is -2.22. The van der Waals surface area contributed by atoms with E-state index in [0.29, 0.717) is 15.5 Å². The van der Waals surface area contributed by atoms with Gasteiger partial charge in [-0.05, 0) is 168 Å². The molecular formula is C85H45BrF12N8O17S2. The smallest absolute Gasteiger partial charge is 0.416 e. The van der Waals surface area contributed by atoms with Crippen LogP contribution in [-0.2, 0) is 24.7 Å². The quantitative estimate of drug-likeness (QED) is 0.0770. The number of ether oxygens (including phenoxy) is 1. The van der Waals surface area contributed by atoms with Gasteiger partial charge in [0, 0.05) is 34.6 Å². The summed E-state index contributed by atoms with van der Waals surface area (Å²) in [5.74, 6) is -2.05. The minimum Gasteiger partial charge on any atom is -0.507 e. The van der Waals surface area contributed by atoms with Crippen LogP contribution in [0.15, 0.2) is 311 Å². The molecule has 40 heteroatoms. The Kier molecular flexibility index (Phi) is 22.5. The average molecular weight is 1820 g/mol. The highest BCUT2D eigenvalue weighted by atomic mass is 79.9. The first-order chi connectivity index (χ1) is 59.4. The van der Waals surface area contributed by atoms with Crippen LogP contribution in [0.1, 0.15) is 22.3 Å². The number of hydrogen-bond donors (Lipinski definition) is 4. The average Bonchev–Trinajstić information content (AvgIpc) is 0.751. The first-order valence-electron chi connectivity index (χ1n) is 35.6. The Morgan fingerprint density at radius 2 is 0.656 bits per heavy atom. The molecule has 12 aromatic heterocycles. The van der Waals surface area contributed by atoms with Gasteiger partial charge in [-0.25, -0.2) is 39.1 Å². The molecule has 4 N–H and O–H groups in total. The number of nitrogens with zero attached hydrogens (tertiary/aromatic N) is 8. The van der Waals surface area contributed by atoms with Crippen molar-refractivity contribution in [2.45, 2.75) is 44.3 Å². The molecule has 0 saturated heterocycles. The first kappa shape index (κ1) is 84.9. The summed E-state index contributed by atoms with van der Waals surface area (Å²) in [4.78, 5) is 119. The summed E-state index contributed by atoms with van der Waals surface area (Å²) in [7, 11) is 1.47. The minimum atomic E-state index is -4.64. The fraction of sp³-hybridized carbons (Fsp3) is 0.0588. The number of hydrogen-bond acceptors (Lipinski definition) is 23. The zero-order valence-electron chi connectivity index (χ0n) is 62.3. The van der Waals surface area contributed by atoms with Gasteiger partial charge in [-0.15, -0.1) is 0 Å². The molecule has 18 aromatic rings. The number of pyridine rings is 8. The maximum absolute atomic E-state index is 13.6. The van der Waals surface area contributed by atoms with Gasteiger partial charge >= 0.3 is 47.2 Å². The minimum absolute atomic E-state index is 0.0110. The summed E-state index contributed by atoms with van der Waals surface area (Å²) in [6.07, 6.45) is -13.1. The third kappa shape index (κ3) is 16.2. The second kappa shape index (κ2) is 33.1. The van der Waals surface area contributed by atoms with Crippen LogP contribution in [0.5, 0.6) is 28.7 Å². The lowest BCUT2D eigenvalue weighted by Gasteiger charge is -2.15. The Hall–Kier alpha value is -15.1. The van der Waals surface area contributed by atoms with Gasteiger partial charge < -0.3 is 42.8 Å². The molecule has 0 spiro atoms. The molecule has 0 radical (unpaired) electrons. The van der Waals surface area contributed by atoms with Crippen LogP contribution >= 0.6 is 39.5 Å². The number of methoxy groups -OCH3 is 1. The van der Waals surface area contributed by atoms with Gasteiger partial charge in [0.15, 0.2) is 62.2 Å². The lowest BCUT2D eigenvalue weighted by molar-refractivity contribution is -0.138. The lowest BCUT2D eigenvalue weighted by atomic mass is 10.1. The molecule has 0 aliphatic rings. The van der Waals surface area contributed by atoms with E-state index < -0.39 is 115 Å². The molecule has 18 rings (SSSR count). The van der Waals surface area contributed by atoms with Gasteiger partial charge in [0.1, 0.15) is 47.3 Å². The number of fused-ring (bicyclic) bond motifs is 12. The van der Waals surface area contributed by atoms with E-state index in [1.807, 2.05) is 0 Å². The third-order valence-electron chi connectivity index (χ3n) is 18.7. The zero-order valence-corrected chi connectivity index (χ0v) is 65.6. The van der Waals surface area contributed by atoms with Gasteiger partial charge in [-0.3, -0.25) is 37.4 Å². The Balaban J connectivity index is 0.000000130. The van der Waals surface area contributed by atoms with Crippen LogP contribution in [0, 0.1) is 0 Å². The van der Waals surface area contributed by atoms with Crippen LogP contribution in [-0.4, -0.2) is 65.7 Å². The van der Waals surface area contributed by atoms with Crippen molar-refractivity contribution in [3.8, 4) is 51.5 Å². The van der Waals surface area contributed by atoms with Crippen LogP contribution in [0.4, 0.5) is 52.7 Å². The van der Waals surface area contributed by atoms with Crippen LogP contribution < -0.4 is 49.5 Å². The van der Waals surface area contributed by atoms with Crippen molar-refractivity contribution in [2.75, 3.05) is 7.11 Å². The molecule has 0 unspecified atom stereocenters. The van der Waals surface area contributed by atoms with Crippen molar-refractivity contribution in [2.24, 2.45) is 0 Å². The molecule has 125 heavy (non-hydrogen) atoms. The molecule has 630 valence electrons. The highest BCUT2D eigenvalue weighted by Crippen LogP contribution is 2.43. The molecule has 0 atom stereocenters. The SMILES string of the molecule is COc1cccc(Sc2c(O)c3c(=O)n(-c4cccc(C(F)(F)F)c4)c4ncccc4c3oc2=O)c1.O=c1cc(O)c2c(=O)n(-c3cccc(C(F)(F)F)c3)c3ncccc3c2o1.O=c1oc2c(c(O)c1Br)c(=O)n(-c1cccc(C(F)(F)F)c1)c1ncccc21.O=c1oc2c(c(O)c1Sc1ccccc1)c(=O)n(-c1cccc(C(F)(F)F)c1)c1ncccc21. The second-order valence-electron chi connectivity index (χ2n) is 26.4. The monoisotopic (exact) mass is 1820 g/mol.